The lowest BCUT2D eigenvalue weighted by atomic mass is 9.89. The summed E-state index contributed by atoms with van der Waals surface area (Å²) in [5.74, 6) is 0.390. The Morgan fingerprint density at radius 2 is 2.00 bits per heavy atom. The van der Waals surface area contributed by atoms with Gasteiger partial charge in [0.2, 0.25) is 0 Å². The van der Waals surface area contributed by atoms with Gasteiger partial charge in [0.1, 0.15) is 16.9 Å². The van der Waals surface area contributed by atoms with Crippen molar-refractivity contribution < 1.29 is 9.53 Å². The van der Waals surface area contributed by atoms with Gasteiger partial charge in [-0.05, 0) is 39.3 Å². The molecule has 6 nitrogen and oxygen atoms in total. The molecule has 25 heavy (non-hydrogen) atoms. The predicted octanol–water partition coefficient (Wildman–Crippen LogP) is 2.43. The van der Waals surface area contributed by atoms with Crippen molar-refractivity contribution in [2.24, 2.45) is 7.05 Å². The van der Waals surface area contributed by atoms with Crippen LogP contribution in [0.4, 0.5) is 0 Å². The van der Waals surface area contributed by atoms with Crippen molar-refractivity contribution >= 4 is 5.91 Å². The van der Waals surface area contributed by atoms with Crippen molar-refractivity contribution in [3.8, 4) is 5.75 Å². The van der Waals surface area contributed by atoms with Gasteiger partial charge in [0, 0.05) is 19.0 Å². The summed E-state index contributed by atoms with van der Waals surface area (Å²) in [5, 5.41) is 7.15. The molecular weight excluding hydrogens is 318 g/mol. The number of rotatable bonds is 2. The number of para-hydroxylation sites is 1. The lowest BCUT2D eigenvalue weighted by Gasteiger charge is -2.37. The van der Waals surface area contributed by atoms with Crippen LogP contribution in [-0.2, 0) is 7.05 Å². The third-order valence-corrected chi connectivity index (χ3v) is 4.63. The zero-order valence-electron chi connectivity index (χ0n) is 15.2. The summed E-state index contributed by atoms with van der Waals surface area (Å²) in [6.45, 7) is 7.52. The minimum absolute atomic E-state index is 0.150. The molecule has 0 aliphatic carbocycles. The van der Waals surface area contributed by atoms with E-state index < -0.39 is 5.60 Å². The molecule has 0 bridgehead atoms. The summed E-state index contributed by atoms with van der Waals surface area (Å²) in [7, 11) is 1.55. The molecule has 3 rings (SSSR count). The highest BCUT2D eigenvalue weighted by Crippen LogP contribution is 2.39. The number of hydrogen-bond donors (Lipinski definition) is 1. The van der Waals surface area contributed by atoms with Gasteiger partial charge in [0.15, 0.2) is 0 Å². The van der Waals surface area contributed by atoms with E-state index in [9.17, 15) is 9.59 Å². The highest BCUT2D eigenvalue weighted by atomic mass is 16.5. The van der Waals surface area contributed by atoms with Crippen LogP contribution < -0.4 is 15.6 Å². The third kappa shape index (κ3) is 3.16. The molecule has 0 unspecified atom stereocenters. The van der Waals surface area contributed by atoms with Crippen molar-refractivity contribution in [2.75, 3.05) is 0 Å². The molecule has 0 radical (unpaired) electrons. The van der Waals surface area contributed by atoms with E-state index in [1.807, 2.05) is 38.1 Å². The summed E-state index contributed by atoms with van der Waals surface area (Å²) in [4.78, 5) is 25.3. The number of aromatic nitrogens is 2. The SMILES string of the molecule is Cc1nn(C)c(=O)c(C(=O)N[C@@H]2CC(C)(C)Oc3ccccc32)c1C. The molecule has 1 aliphatic heterocycles. The molecule has 1 aromatic heterocycles. The van der Waals surface area contributed by atoms with E-state index >= 15 is 0 Å². The Bertz CT molecular complexity index is 899. The highest BCUT2D eigenvalue weighted by Gasteiger charge is 2.35. The van der Waals surface area contributed by atoms with Crippen LogP contribution in [-0.4, -0.2) is 21.3 Å². The average molecular weight is 341 g/mol. The van der Waals surface area contributed by atoms with Gasteiger partial charge >= 0.3 is 0 Å². The van der Waals surface area contributed by atoms with Crippen LogP contribution in [0.3, 0.4) is 0 Å². The van der Waals surface area contributed by atoms with E-state index in [1.54, 1.807) is 20.9 Å². The molecule has 2 heterocycles. The Kier molecular flexibility index (Phi) is 4.14. The zero-order chi connectivity index (χ0) is 18.4. The lowest BCUT2D eigenvalue weighted by molar-refractivity contribution is 0.0619. The van der Waals surface area contributed by atoms with Crippen LogP contribution in [0.15, 0.2) is 29.1 Å². The Morgan fingerprint density at radius 1 is 1.32 bits per heavy atom. The molecule has 1 amide bonds. The Labute approximate surface area is 146 Å². The fourth-order valence-corrected chi connectivity index (χ4v) is 3.28. The van der Waals surface area contributed by atoms with Gasteiger partial charge in [-0.15, -0.1) is 0 Å². The second kappa shape index (κ2) is 6.02. The molecule has 1 aliphatic rings. The molecule has 0 fully saturated rings. The van der Waals surface area contributed by atoms with Gasteiger partial charge in [-0.25, -0.2) is 4.68 Å². The van der Waals surface area contributed by atoms with Gasteiger partial charge in [-0.1, -0.05) is 18.2 Å². The maximum Gasteiger partial charge on any atom is 0.279 e. The maximum atomic E-state index is 12.9. The van der Waals surface area contributed by atoms with Gasteiger partial charge < -0.3 is 10.1 Å². The van der Waals surface area contributed by atoms with Crippen LogP contribution >= 0.6 is 0 Å². The van der Waals surface area contributed by atoms with E-state index in [4.69, 9.17) is 4.74 Å². The minimum atomic E-state index is -0.402. The standard InChI is InChI=1S/C19H23N3O3/c1-11-12(2)21-22(5)18(24)16(11)17(23)20-14-10-19(3,4)25-15-9-7-6-8-13(14)15/h6-9,14H,10H2,1-5H3,(H,20,23)/t14-/m1/s1. The molecule has 0 saturated heterocycles. The quantitative estimate of drug-likeness (QED) is 0.910. The molecule has 132 valence electrons. The molecule has 0 saturated carbocycles. The number of benzene rings is 1. The molecule has 6 heteroatoms. The number of aryl methyl sites for hydroxylation is 2. The van der Waals surface area contributed by atoms with E-state index in [0.717, 1.165) is 11.3 Å². The Morgan fingerprint density at radius 3 is 2.72 bits per heavy atom. The van der Waals surface area contributed by atoms with Crippen molar-refractivity contribution in [3.63, 3.8) is 0 Å². The Balaban J connectivity index is 1.99. The highest BCUT2D eigenvalue weighted by molar-refractivity contribution is 5.95. The van der Waals surface area contributed by atoms with Crippen molar-refractivity contribution in [1.82, 2.24) is 15.1 Å². The topological polar surface area (TPSA) is 73.2 Å². The molecular formula is C19H23N3O3. The predicted molar refractivity (Wildman–Crippen MR) is 94.9 cm³/mol. The first-order valence-electron chi connectivity index (χ1n) is 8.33. The first-order chi connectivity index (χ1) is 11.7. The number of fused-ring (bicyclic) bond motifs is 1. The molecule has 1 N–H and O–H groups in total. The number of hydrogen-bond acceptors (Lipinski definition) is 4. The largest absolute Gasteiger partial charge is 0.487 e. The number of carbonyl (C=O) groups excluding carboxylic acids is 1. The second-order valence-corrected chi connectivity index (χ2v) is 7.14. The van der Waals surface area contributed by atoms with Gasteiger partial charge in [-0.3, -0.25) is 9.59 Å². The van der Waals surface area contributed by atoms with Crippen LogP contribution in [0, 0.1) is 13.8 Å². The fraction of sp³-hybridized carbons (Fsp3) is 0.421. The summed E-state index contributed by atoms with van der Waals surface area (Å²) < 4.78 is 7.20. The van der Waals surface area contributed by atoms with E-state index in [0.29, 0.717) is 17.7 Å². The average Bonchev–Trinajstić information content (AvgIpc) is 2.52. The molecule has 0 spiro atoms. The first kappa shape index (κ1) is 17.2. The summed E-state index contributed by atoms with van der Waals surface area (Å²) in [6, 6.07) is 7.45. The Hall–Kier alpha value is -2.63. The number of nitrogens with one attached hydrogen (secondary N) is 1. The van der Waals surface area contributed by atoms with Crippen molar-refractivity contribution in [1.29, 1.82) is 0 Å². The molecule has 1 aromatic carbocycles. The smallest absolute Gasteiger partial charge is 0.279 e. The summed E-state index contributed by atoms with van der Waals surface area (Å²) in [6.07, 6.45) is 0.624. The van der Waals surface area contributed by atoms with Crippen LogP contribution in [0.1, 0.15) is 53.5 Å². The van der Waals surface area contributed by atoms with Gasteiger partial charge in [0.25, 0.3) is 11.5 Å². The second-order valence-electron chi connectivity index (χ2n) is 7.14. The summed E-state index contributed by atoms with van der Waals surface area (Å²) >= 11 is 0. The first-order valence-corrected chi connectivity index (χ1v) is 8.33. The van der Waals surface area contributed by atoms with Crippen molar-refractivity contribution in [2.45, 2.75) is 45.8 Å². The third-order valence-electron chi connectivity index (χ3n) is 4.63. The molecule has 1 atom stereocenters. The van der Waals surface area contributed by atoms with E-state index in [-0.39, 0.29) is 23.1 Å². The maximum absolute atomic E-state index is 12.9. The molecule has 2 aromatic rings. The minimum Gasteiger partial charge on any atom is -0.487 e. The normalized spacial score (nSPS) is 18.2. The number of carbonyl (C=O) groups is 1. The van der Waals surface area contributed by atoms with Crippen molar-refractivity contribution in [3.05, 3.63) is 57.0 Å². The summed E-state index contributed by atoms with van der Waals surface area (Å²) in [5.41, 5.74) is 1.56. The monoisotopic (exact) mass is 341 g/mol. The van der Waals surface area contributed by atoms with Gasteiger partial charge in [-0.2, -0.15) is 5.10 Å². The van der Waals surface area contributed by atoms with Crippen LogP contribution in [0.2, 0.25) is 0 Å². The zero-order valence-corrected chi connectivity index (χ0v) is 15.2. The van der Waals surface area contributed by atoms with E-state index in [2.05, 4.69) is 10.4 Å². The number of nitrogens with zero attached hydrogens (tertiary/aromatic N) is 2. The van der Waals surface area contributed by atoms with Crippen LogP contribution in [0.25, 0.3) is 0 Å². The number of amides is 1. The number of ether oxygens (including phenoxy) is 1. The van der Waals surface area contributed by atoms with Crippen LogP contribution in [0.5, 0.6) is 5.75 Å². The lowest BCUT2D eigenvalue weighted by Crippen LogP contribution is -2.43. The fourth-order valence-electron chi connectivity index (χ4n) is 3.28. The van der Waals surface area contributed by atoms with Gasteiger partial charge in [0.05, 0.1) is 11.7 Å². The van der Waals surface area contributed by atoms with E-state index in [1.165, 1.54) is 4.68 Å².